The molecule has 0 aromatic carbocycles. The van der Waals surface area contributed by atoms with E-state index in [-0.39, 0.29) is 6.04 Å². The smallest absolute Gasteiger partial charge is 0.153 e. The molecule has 0 radical (unpaired) electrons. The van der Waals surface area contributed by atoms with Crippen LogP contribution in [0.15, 0.2) is 4.60 Å². The Morgan fingerprint density at radius 3 is 3.06 bits per heavy atom. The fourth-order valence-corrected chi connectivity index (χ4v) is 2.84. The molecule has 1 aromatic heterocycles. The van der Waals surface area contributed by atoms with Crippen LogP contribution in [0.4, 0.5) is 0 Å². The van der Waals surface area contributed by atoms with Gasteiger partial charge in [-0.3, -0.25) is 11.3 Å². The van der Waals surface area contributed by atoms with Gasteiger partial charge in [0.1, 0.15) is 0 Å². The molecule has 7 heteroatoms. The second-order valence-electron chi connectivity index (χ2n) is 4.32. The molecule has 3 N–H and O–H groups in total. The Kier molecular flexibility index (Phi) is 4.49. The fourth-order valence-electron chi connectivity index (χ4n) is 2.23. The summed E-state index contributed by atoms with van der Waals surface area (Å²) in [6.07, 6.45) is 4.63. The van der Waals surface area contributed by atoms with Gasteiger partial charge in [0.25, 0.3) is 0 Å². The molecule has 1 fully saturated rings. The molecule has 0 amide bonds. The molecule has 0 saturated carbocycles. The largest absolute Gasteiger partial charge is 0.378 e. The van der Waals surface area contributed by atoms with Crippen LogP contribution in [0.2, 0.25) is 0 Å². The zero-order chi connectivity index (χ0) is 12.3. The molecule has 2 unspecified atom stereocenters. The second kappa shape index (κ2) is 5.90. The van der Waals surface area contributed by atoms with Crippen molar-refractivity contribution in [3.63, 3.8) is 0 Å². The molecule has 1 aliphatic heterocycles. The molecule has 2 heterocycles. The Hall–Kier alpha value is -0.500. The zero-order valence-electron chi connectivity index (χ0n) is 9.90. The van der Waals surface area contributed by atoms with E-state index in [9.17, 15) is 0 Å². The molecular formula is C10H18BrN5O. The first-order valence-corrected chi connectivity index (χ1v) is 6.64. The minimum Gasteiger partial charge on any atom is -0.378 e. The van der Waals surface area contributed by atoms with E-state index in [0.29, 0.717) is 6.10 Å². The minimum absolute atomic E-state index is 0.0496. The average Bonchev–Trinajstić information content (AvgIpc) is 2.93. The van der Waals surface area contributed by atoms with Crippen molar-refractivity contribution >= 4 is 15.9 Å². The Morgan fingerprint density at radius 1 is 1.71 bits per heavy atom. The highest BCUT2D eigenvalue weighted by atomic mass is 79.9. The normalized spacial score (nSPS) is 21.9. The van der Waals surface area contributed by atoms with Crippen LogP contribution in [-0.4, -0.2) is 27.7 Å². The topological polar surface area (TPSA) is 78.0 Å². The van der Waals surface area contributed by atoms with Crippen molar-refractivity contribution in [1.82, 2.24) is 20.4 Å². The van der Waals surface area contributed by atoms with Crippen molar-refractivity contribution in [2.75, 3.05) is 6.61 Å². The van der Waals surface area contributed by atoms with E-state index in [2.05, 4.69) is 31.7 Å². The van der Waals surface area contributed by atoms with Crippen LogP contribution in [0.5, 0.6) is 0 Å². The van der Waals surface area contributed by atoms with Gasteiger partial charge in [-0.1, -0.05) is 5.21 Å². The lowest BCUT2D eigenvalue weighted by atomic mass is 10.0. The van der Waals surface area contributed by atoms with E-state index in [1.165, 1.54) is 6.42 Å². The van der Waals surface area contributed by atoms with Crippen LogP contribution in [0.3, 0.4) is 0 Å². The van der Waals surface area contributed by atoms with Gasteiger partial charge < -0.3 is 4.74 Å². The van der Waals surface area contributed by atoms with Crippen LogP contribution >= 0.6 is 15.9 Å². The third-order valence-electron chi connectivity index (χ3n) is 3.16. The number of hydrogen-bond donors (Lipinski definition) is 2. The lowest BCUT2D eigenvalue weighted by Gasteiger charge is -2.18. The standard InChI is InChI=1S/C10H18BrN5O/c1-16-9(10(11)14-15-16)8(13-12)5-4-7-3-2-6-17-7/h7-8,13H,2-6,12H2,1H3. The molecule has 6 nitrogen and oxygen atoms in total. The summed E-state index contributed by atoms with van der Waals surface area (Å²) in [5, 5.41) is 7.93. The average molecular weight is 304 g/mol. The van der Waals surface area contributed by atoms with E-state index in [0.717, 1.165) is 36.2 Å². The van der Waals surface area contributed by atoms with Crippen molar-refractivity contribution in [3.05, 3.63) is 10.3 Å². The first kappa shape index (κ1) is 12.9. The molecule has 0 bridgehead atoms. The first-order chi connectivity index (χ1) is 8.22. The number of aromatic nitrogens is 3. The van der Waals surface area contributed by atoms with Crippen LogP contribution in [0.25, 0.3) is 0 Å². The van der Waals surface area contributed by atoms with Crippen molar-refractivity contribution in [1.29, 1.82) is 0 Å². The Morgan fingerprint density at radius 2 is 2.53 bits per heavy atom. The number of rotatable bonds is 5. The number of hydrogen-bond acceptors (Lipinski definition) is 5. The number of hydrazine groups is 1. The molecule has 17 heavy (non-hydrogen) atoms. The molecule has 1 aliphatic rings. The summed E-state index contributed by atoms with van der Waals surface area (Å²) in [5.41, 5.74) is 3.80. The van der Waals surface area contributed by atoms with Gasteiger partial charge in [-0.25, -0.2) is 4.68 Å². The Bertz CT molecular complexity index is 344. The summed E-state index contributed by atoms with van der Waals surface area (Å²) >= 11 is 3.39. The number of nitrogens with two attached hydrogens (primary N) is 1. The van der Waals surface area contributed by atoms with Gasteiger partial charge in [-0.05, 0) is 41.6 Å². The quantitative estimate of drug-likeness (QED) is 0.628. The molecule has 2 rings (SSSR count). The van der Waals surface area contributed by atoms with Crippen molar-refractivity contribution in [2.45, 2.75) is 37.8 Å². The Labute approximate surface area is 109 Å². The fraction of sp³-hybridized carbons (Fsp3) is 0.800. The maximum atomic E-state index is 5.61. The number of ether oxygens (including phenoxy) is 1. The molecule has 0 aliphatic carbocycles. The third kappa shape index (κ3) is 3.04. The van der Waals surface area contributed by atoms with E-state index in [1.807, 2.05) is 7.05 Å². The van der Waals surface area contributed by atoms with E-state index in [4.69, 9.17) is 10.6 Å². The highest BCUT2D eigenvalue weighted by molar-refractivity contribution is 9.10. The summed E-state index contributed by atoms with van der Waals surface area (Å²) in [5.74, 6) is 5.61. The lowest BCUT2D eigenvalue weighted by Crippen LogP contribution is -2.30. The molecule has 1 aromatic rings. The number of nitrogens with one attached hydrogen (secondary N) is 1. The Balaban J connectivity index is 1.96. The van der Waals surface area contributed by atoms with E-state index < -0.39 is 0 Å². The van der Waals surface area contributed by atoms with Crippen molar-refractivity contribution in [3.8, 4) is 0 Å². The maximum absolute atomic E-state index is 5.61. The summed E-state index contributed by atoms with van der Waals surface area (Å²) in [7, 11) is 1.86. The molecule has 1 saturated heterocycles. The minimum atomic E-state index is 0.0496. The SMILES string of the molecule is Cn1nnc(Br)c1C(CCC1CCCO1)NN. The molecular weight excluding hydrogens is 286 g/mol. The van der Waals surface area contributed by atoms with Crippen LogP contribution in [-0.2, 0) is 11.8 Å². The van der Waals surface area contributed by atoms with E-state index in [1.54, 1.807) is 4.68 Å². The van der Waals surface area contributed by atoms with Gasteiger partial charge in [-0.15, -0.1) is 5.10 Å². The van der Waals surface area contributed by atoms with Crippen LogP contribution in [0, 0.1) is 0 Å². The lowest BCUT2D eigenvalue weighted by molar-refractivity contribution is 0.0993. The van der Waals surface area contributed by atoms with Gasteiger partial charge in [0.15, 0.2) is 4.60 Å². The highest BCUT2D eigenvalue weighted by Crippen LogP contribution is 2.26. The van der Waals surface area contributed by atoms with Crippen molar-refractivity contribution < 1.29 is 4.74 Å². The maximum Gasteiger partial charge on any atom is 0.153 e. The number of nitrogens with zero attached hydrogens (tertiary/aromatic N) is 3. The number of aryl methyl sites for hydroxylation is 1. The zero-order valence-corrected chi connectivity index (χ0v) is 11.5. The highest BCUT2D eigenvalue weighted by Gasteiger charge is 2.22. The predicted molar refractivity (Wildman–Crippen MR) is 67.0 cm³/mol. The summed E-state index contributed by atoms with van der Waals surface area (Å²) in [6.45, 7) is 0.891. The van der Waals surface area contributed by atoms with Gasteiger partial charge in [0.2, 0.25) is 0 Å². The molecule has 96 valence electrons. The molecule has 2 atom stereocenters. The first-order valence-electron chi connectivity index (χ1n) is 5.85. The second-order valence-corrected chi connectivity index (χ2v) is 5.07. The van der Waals surface area contributed by atoms with E-state index >= 15 is 0 Å². The summed E-state index contributed by atoms with van der Waals surface area (Å²) in [6, 6.07) is 0.0496. The monoisotopic (exact) mass is 303 g/mol. The van der Waals surface area contributed by atoms with Gasteiger partial charge >= 0.3 is 0 Å². The van der Waals surface area contributed by atoms with Crippen molar-refractivity contribution in [2.24, 2.45) is 12.9 Å². The van der Waals surface area contributed by atoms with Gasteiger partial charge in [-0.2, -0.15) is 0 Å². The van der Waals surface area contributed by atoms with Crippen LogP contribution in [0.1, 0.15) is 37.4 Å². The number of halogens is 1. The summed E-state index contributed by atoms with van der Waals surface area (Å²) < 4.78 is 8.09. The van der Waals surface area contributed by atoms with Gasteiger partial charge in [0.05, 0.1) is 17.8 Å². The third-order valence-corrected chi connectivity index (χ3v) is 3.72. The van der Waals surface area contributed by atoms with Crippen LogP contribution < -0.4 is 11.3 Å². The van der Waals surface area contributed by atoms with Gasteiger partial charge in [0, 0.05) is 13.7 Å². The summed E-state index contributed by atoms with van der Waals surface area (Å²) in [4.78, 5) is 0. The predicted octanol–water partition coefficient (Wildman–Crippen LogP) is 1.04. The molecule has 0 spiro atoms.